The summed E-state index contributed by atoms with van der Waals surface area (Å²) >= 11 is 0. The Labute approximate surface area is 114 Å². The molecule has 0 aromatic rings. The number of phosphoric ester groups is 1. The van der Waals surface area contributed by atoms with Crippen LogP contribution in [0.3, 0.4) is 0 Å². The van der Waals surface area contributed by atoms with Gasteiger partial charge in [-0.15, -0.1) is 0 Å². The second kappa shape index (κ2) is 7.97. The summed E-state index contributed by atoms with van der Waals surface area (Å²) in [4.78, 5) is 20.0. The Morgan fingerprint density at radius 3 is 2.32 bits per heavy atom. The molecule has 0 rings (SSSR count). The van der Waals surface area contributed by atoms with E-state index in [0.717, 1.165) is 0 Å². The molecule has 0 aromatic carbocycles. The van der Waals surface area contributed by atoms with Crippen molar-refractivity contribution < 1.29 is 32.5 Å². The lowest BCUT2D eigenvalue weighted by molar-refractivity contribution is -0.870. The predicted octanol–water partition coefficient (Wildman–Crippen LogP) is 1.03. The molecule has 0 radical (unpaired) electrons. The Hall–Kier alpha value is -0.460. The first kappa shape index (κ1) is 18.5. The van der Waals surface area contributed by atoms with Gasteiger partial charge in [-0.2, -0.15) is 0 Å². The molecule has 2 atom stereocenters. The van der Waals surface area contributed by atoms with Crippen molar-refractivity contribution in [3.05, 3.63) is 0 Å². The number of esters is 1. The SMILES string of the molecule is CC(=O)OCC(C)COP(=O)(O)OCC[N+](C)(C)C. The van der Waals surface area contributed by atoms with Crippen LogP contribution in [0.5, 0.6) is 0 Å². The Bertz CT molecular complexity index is 328. The Morgan fingerprint density at radius 1 is 1.26 bits per heavy atom. The molecule has 0 bridgehead atoms. The summed E-state index contributed by atoms with van der Waals surface area (Å²) in [5.41, 5.74) is 0. The average molecular weight is 298 g/mol. The van der Waals surface area contributed by atoms with E-state index in [9.17, 15) is 14.3 Å². The number of nitrogens with zero attached hydrogens (tertiary/aromatic N) is 1. The summed E-state index contributed by atoms with van der Waals surface area (Å²) in [6, 6.07) is 0. The van der Waals surface area contributed by atoms with E-state index in [-0.39, 0.29) is 25.7 Å². The van der Waals surface area contributed by atoms with Crippen LogP contribution in [-0.4, -0.2) is 62.9 Å². The van der Waals surface area contributed by atoms with Crippen LogP contribution in [0.15, 0.2) is 0 Å². The standard InChI is InChI=1S/C11H24NO6P/c1-10(8-16-11(2)13)9-18-19(14,15)17-7-6-12(3,4)5/h10H,6-9H2,1-5H3/p+1. The van der Waals surface area contributed by atoms with Gasteiger partial charge in [0, 0.05) is 12.8 Å². The second-order valence-electron chi connectivity index (χ2n) is 5.52. The van der Waals surface area contributed by atoms with E-state index in [4.69, 9.17) is 13.8 Å². The van der Waals surface area contributed by atoms with Gasteiger partial charge in [0.2, 0.25) is 0 Å². The Kier molecular flexibility index (Phi) is 7.78. The third kappa shape index (κ3) is 12.3. The third-order valence-electron chi connectivity index (χ3n) is 2.11. The first-order valence-electron chi connectivity index (χ1n) is 6.07. The molecule has 114 valence electrons. The molecular weight excluding hydrogens is 273 g/mol. The monoisotopic (exact) mass is 298 g/mol. The smallest absolute Gasteiger partial charge is 0.466 e. The van der Waals surface area contributed by atoms with Crippen LogP contribution < -0.4 is 0 Å². The minimum atomic E-state index is -4.03. The highest BCUT2D eigenvalue weighted by Gasteiger charge is 2.23. The Balaban J connectivity index is 3.89. The summed E-state index contributed by atoms with van der Waals surface area (Å²) in [6.07, 6.45) is 0. The number of ether oxygens (including phenoxy) is 1. The van der Waals surface area contributed by atoms with Crippen LogP contribution in [0.1, 0.15) is 13.8 Å². The Morgan fingerprint density at radius 2 is 1.84 bits per heavy atom. The van der Waals surface area contributed by atoms with Gasteiger partial charge in [0.05, 0.1) is 34.4 Å². The number of quaternary nitrogens is 1. The van der Waals surface area contributed by atoms with E-state index in [2.05, 4.69) is 0 Å². The molecule has 0 aliphatic carbocycles. The molecule has 0 heterocycles. The fraction of sp³-hybridized carbons (Fsp3) is 0.909. The van der Waals surface area contributed by atoms with Gasteiger partial charge in [0.25, 0.3) is 0 Å². The molecular formula is C11H25NO6P+. The van der Waals surface area contributed by atoms with Gasteiger partial charge in [-0.25, -0.2) is 4.57 Å². The summed E-state index contributed by atoms with van der Waals surface area (Å²) in [7, 11) is 1.83. The average Bonchev–Trinajstić information content (AvgIpc) is 2.21. The minimum absolute atomic E-state index is 0.00850. The van der Waals surface area contributed by atoms with E-state index in [1.165, 1.54) is 6.92 Å². The van der Waals surface area contributed by atoms with E-state index < -0.39 is 13.8 Å². The molecule has 2 unspecified atom stereocenters. The molecule has 0 saturated carbocycles. The lowest BCUT2D eigenvalue weighted by Gasteiger charge is -2.24. The molecule has 0 aromatic heterocycles. The van der Waals surface area contributed by atoms with Crippen LogP contribution in [0, 0.1) is 5.92 Å². The van der Waals surface area contributed by atoms with Gasteiger partial charge in [-0.1, -0.05) is 6.92 Å². The fourth-order valence-electron chi connectivity index (χ4n) is 0.996. The molecule has 19 heavy (non-hydrogen) atoms. The third-order valence-corrected chi connectivity index (χ3v) is 3.09. The molecule has 0 aliphatic rings. The molecule has 0 spiro atoms. The summed E-state index contributed by atoms with van der Waals surface area (Å²) < 4.78 is 26.6. The lowest BCUT2D eigenvalue weighted by atomic mass is 10.2. The van der Waals surface area contributed by atoms with Crippen molar-refractivity contribution in [2.45, 2.75) is 13.8 Å². The van der Waals surface area contributed by atoms with Gasteiger partial charge < -0.3 is 14.1 Å². The molecule has 8 heteroatoms. The van der Waals surface area contributed by atoms with Crippen molar-refractivity contribution in [1.29, 1.82) is 0 Å². The van der Waals surface area contributed by atoms with Crippen molar-refractivity contribution >= 4 is 13.8 Å². The molecule has 0 fully saturated rings. The maximum atomic E-state index is 11.5. The van der Waals surface area contributed by atoms with Crippen LogP contribution in [-0.2, 0) is 23.1 Å². The summed E-state index contributed by atoms with van der Waals surface area (Å²) in [6.45, 7) is 3.92. The first-order chi connectivity index (χ1) is 8.52. The van der Waals surface area contributed by atoms with Crippen molar-refractivity contribution in [2.24, 2.45) is 5.92 Å². The number of phosphoric acid groups is 1. The number of hydrogen-bond acceptors (Lipinski definition) is 5. The normalized spacial score (nSPS) is 16.7. The van der Waals surface area contributed by atoms with Crippen LogP contribution in [0.25, 0.3) is 0 Å². The highest BCUT2D eigenvalue weighted by atomic mass is 31.2. The molecule has 7 nitrogen and oxygen atoms in total. The minimum Gasteiger partial charge on any atom is -0.466 e. The van der Waals surface area contributed by atoms with Crippen molar-refractivity contribution in [2.75, 3.05) is 47.5 Å². The predicted molar refractivity (Wildman–Crippen MR) is 70.4 cm³/mol. The van der Waals surface area contributed by atoms with E-state index >= 15 is 0 Å². The van der Waals surface area contributed by atoms with Crippen molar-refractivity contribution in [1.82, 2.24) is 0 Å². The molecule has 0 saturated heterocycles. The highest BCUT2D eigenvalue weighted by molar-refractivity contribution is 7.47. The number of hydrogen-bond donors (Lipinski definition) is 1. The first-order valence-corrected chi connectivity index (χ1v) is 7.57. The zero-order valence-corrected chi connectivity index (χ0v) is 13.2. The second-order valence-corrected chi connectivity index (χ2v) is 6.97. The maximum Gasteiger partial charge on any atom is 0.472 e. The molecule has 0 aliphatic heterocycles. The van der Waals surface area contributed by atoms with E-state index in [1.807, 2.05) is 21.1 Å². The lowest BCUT2D eigenvalue weighted by Crippen LogP contribution is -2.37. The summed E-state index contributed by atoms with van der Waals surface area (Å²) in [5, 5.41) is 0. The van der Waals surface area contributed by atoms with E-state index in [1.54, 1.807) is 6.92 Å². The van der Waals surface area contributed by atoms with Crippen LogP contribution in [0.2, 0.25) is 0 Å². The van der Waals surface area contributed by atoms with Gasteiger partial charge >= 0.3 is 13.8 Å². The zero-order chi connectivity index (χ0) is 15.1. The maximum absolute atomic E-state index is 11.5. The topological polar surface area (TPSA) is 82.1 Å². The van der Waals surface area contributed by atoms with Gasteiger partial charge in [0.1, 0.15) is 13.2 Å². The van der Waals surface area contributed by atoms with E-state index in [0.29, 0.717) is 11.0 Å². The fourth-order valence-corrected chi connectivity index (χ4v) is 1.83. The largest absolute Gasteiger partial charge is 0.472 e. The number of likely N-dealkylation sites (N-methyl/N-ethyl adjacent to an activating group) is 1. The number of carbonyl (C=O) groups is 1. The number of carbonyl (C=O) groups excluding carboxylic acids is 1. The van der Waals surface area contributed by atoms with Crippen LogP contribution in [0.4, 0.5) is 0 Å². The number of rotatable bonds is 9. The molecule has 1 N–H and O–H groups in total. The van der Waals surface area contributed by atoms with Crippen LogP contribution >= 0.6 is 7.82 Å². The highest BCUT2D eigenvalue weighted by Crippen LogP contribution is 2.43. The van der Waals surface area contributed by atoms with Crippen molar-refractivity contribution in [3.63, 3.8) is 0 Å². The molecule has 0 amide bonds. The van der Waals surface area contributed by atoms with Crippen molar-refractivity contribution in [3.8, 4) is 0 Å². The van der Waals surface area contributed by atoms with Gasteiger partial charge in [-0.05, 0) is 0 Å². The summed E-state index contributed by atoms with van der Waals surface area (Å²) in [5.74, 6) is -0.565. The van der Waals surface area contributed by atoms with Gasteiger partial charge in [-0.3, -0.25) is 13.8 Å². The zero-order valence-electron chi connectivity index (χ0n) is 12.3. The van der Waals surface area contributed by atoms with Gasteiger partial charge in [0.15, 0.2) is 0 Å². The quantitative estimate of drug-likeness (QED) is 0.389.